The van der Waals surface area contributed by atoms with Gasteiger partial charge in [-0.3, -0.25) is 4.79 Å². The highest BCUT2D eigenvalue weighted by atomic mass is 32.1. The molecule has 8 atom stereocenters. The summed E-state index contributed by atoms with van der Waals surface area (Å²) in [6, 6.07) is 9.86. The molecule has 1 aromatic carbocycles. The van der Waals surface area contributed by atoms with Crippen molar-refractivity contribution < 1.29 is 14.3 Å². The number of rotatable bonds is 8. The summed E-state index contributed by atoms with van der Waals surface area (Å²) in [6.07, 6.45) is 18.9. The van der Waals surface area contributed by atoms with Crippen molar-refractivity contribution in [3.05, 3.63) is 59.0 Å². The molecular formula is C37H48O3S. The van der Waals surface area contributed by atoms with Crippen molar-refractivity contribution in [1.82, 2.24) is 0 Å². The number of esters is 1. The van der Waals surface area contributed by atoms with E-state index in [0.717, 1.165) is 58.9 Å². The third kappa shape index (κ3) is 5.28. The van der Waals surface area contributed by atoms with E-state index in [2.05, 4.69) is 33.8 Å². The summed E-state index contributed by atoms with van der Waals surface area (Å²) in [5.41, 5.74) is 2.29. The van der Waals surface area contributed by atoms with Crippen LogP contribution in [-0.4, -0.2) is 17.9 Å². The van der Waals surface area contributed by atoms with Crippen molar-refractivity contribution in [2.75, 3.05) is 0 Å². The molecule has 6 rings (SSSR count). The average molecular weight is 573 g/mol. The van der Waals surface area contributed by atoms with Crippen molar-refractivity contribution in [3.8, 4) is 0 Å². The number of carbonyl (C=O) groups excluding carboxylic acids is 2. The molecule has 3 nitrogen and oxygen atoms in total. The number of fused-ring (bicyclic) bond motifs is 6. The molecule has 1 heterocycles. The summed E-state index contributed by atoms with van der Waals surface area (Å²) in [4.78, 5) is 26.1. The molecule has 0 amide bonds. The number of ether oxygens (including phenoxy) is 1. The molecular weight excluding hydrogens is 524 g/mol. The first-order valence-electron chi connectivity index (χ1n) is 16.3. The standard InChI is InChI=1S/C37H48O3S/c1-5-6-9-24(2)29-14-15-30-28-13-12-26-23-27(18-20-36(26,3)31(28)19-21-37(29,30)4)40-35(39)17-16-32(38)34-22-25-10-7-8-11-33(25)41-34/h7-8,10-12,16-17,22,24,27-31H,5-6,9,13-15,18-21,23H2,1-4H3/b17-16+/t24-,27?,28+,29-,30+,31+,36+,37-/m1/s1. The molecule has 4 aliphatic carbocycles. The molecule has 4 heteroatoms. The van der Waals surface area contributed by atoms with Gasteiger partial charge in [-0.05, 0) is 109 Å². The van der Waals surface area contributed by atoms with Gasteiger partial charge in [0.25, 0.3) is 0 Å². The molecule has 0 saturated heterocycles. The Labute approximate surface area is 250 Å². The molecule has 0 aliphatic heterocycles. The minimum atomic E-state index is -0.398. The lowest BCUT2D eigenvalue weighted by molar-refractivity contribution is -0.145. The van der Waals surface area contributed by atoms with Gasteiger partial charge in [0.1, 0.15) is 6.10 Å². The summed E-state index contributed by atoms with van der Waals surface area (Å²) in [5.74, 6) is 3.65. The predicted molar refractivity (Wildman–Crippen MR) is 169 cm³/mol. The van der Waals surface area contributed by atoms with E-state index in [1.165, 1.54) is 80.4 Å². The average Bonchev–Trinajstić information content (AvgIpc) is 3.56. The van der Waals surface area contributed by atoms with Crippen molar-refractivity contribution in [3.63, 3.8) is 0 Å². The van der Waals surface area contributed by atoms with Crippen molar-refractivity contribution in [2.24, 2.45) is 40.4 Å². The molecule has 3 saturated carbocycles. The number of allylic oxidation sites excluding steroid dienone is 2. The van der Waals surface area contributed by atoms with Crippen LogP contribution in [0.15, 0.2) is 54.1 Å². The van der Waals surface area contributed by atoms with Gasteiger partial charge < -0.3 is 4.74 Å². The van der Waals surface area contributed by atoms with Gasteiger partial charge in [-0.1, -0.05) is 76.8 Å². The van der Waals surface area contributed by atoms with Gasteiger partial charge in [0.15, 0.2) is 5.78 Å². The Bertz CT molecular complexity index is 1320. The van der Waals surface area contributed by atoms with E-state index in [0.29, 0.717) is 10.3 Å². The van der Waals surface area contributed by atoms with Gasteiger partial charge in [-0.25, -0.2) is 4.79 Å². The SMILES string of the molecule is CCCC[C@@H](C)[C@H]1CC[C@H]2[C@@H]3CC=C4CC(OC(=O)/C=C/C(=O)c5cc6ccccc6s5)CC[C@]4(C)[C@H]3CC[C@]12C. The summed E-state index contributed by atoms with van der Waals surface area (Å²) < 4.78 is 6.99. The maximum Gasteiger partial charge on any atom is 0.331 e. The lowest BCUT2D eigenvalue weighted by atomic mass is 9.47. The fraction of sp³-hybridized carbons (Fsp3) is 0.622. The van der Waals surface area contributed by atoms with Crippen LogP contribution in [0, 0.1) is 40.4 Å². The fourth-order valence-corrected chi connectivity index (χ4v) is 10.9. The van der Waals surface area contributed by atoms with E-state index < -0.39 is 5.97 Å². The zero-order valence-corrected chi connectivity index (χ0v) is 26.3. The van der Waals surface area contributed by atoms with Crippen LogP contribution in [0.4, 0.5) is 0 Å². The molecule has 0 N–H and O–H groups in total. The normalized spacial score (nSPS) is 35.4. The zero-order valence-electron chi connectivity index (χ0n) is 25.5. The maximum absolute atomic E-state index is 12.7. The van der Waals surface area contributed by atoms with Gasteiger partial charge in [-0.2, -0.15) is 0 Å². The highest BCUT2D eigenvalue weighted by Crippen LogP contribution is 2.67. The minimum Gasteiger partial charge on any atom is -0.459 e. The van der Waals surface area contributed by atoms with Crippen LogP contribution in [0.5, 0.6) is 0 Å². The lowest BCUT2D eigenvalue weighted by Crippen LogP contribution is -2.51. The predicted octanol–water partition coefficient (Wildman–Crippen LogP) is 9.96. The zero-order chi connectivity index (χ0) is 28.8. The first kappa shape index (κ1) is 28.9. The Hall–Kier alpha value is -2.20. The fourth-order valence-electron chi connectivity index (χ4n) is 9.96. The second kappa shape index (κ2) is 11.5. The monoisotopic (exact) mass is 572 g/mol. The maximum atomic E-state index is 12.7. The Morgan fingerprint density at radius 2 is 1.90 bits per heavy atom. The third-order valence-corrected chi connectivity index (χ3v) is 13.3. The highest BCUT2D eigenvalue weighted by Gasteiger charge is 2.59. The van der Waals surface area contributed by atoms with Gasteiger partial charge in [0, 0.05) is 17.2 Å². The van der Waals surface area contributed by atoms with E-state index in [4.69, 9.17) is 4.74 Å². The quantitative estimate of drug-likeness (QED) is 0.137. The number of ketones is 1. The smallest absolute Gasteiger partial charge is 0.331 e. The van der Waals surface area contributed by atoms with Gasteiger partial charge >= 0.3 is 5.97 Å². The van der Waals surface area contributed by atoms with Crippen LogP contribution in [-0.2, 0) is 9.53 Å². The van der Waals surface area contributed by atoms with Gasteiger partial charge in [-0.15, -0.1) is 11.3 Å². The van der Waals surface area contributed by atoms with Crippen LogP contribution in [0.1, 0.15) is 108 Å². The topological polar surface area (TPSA) is 43.4 Å². The summed E-state index contributed by atoms with van der Waals surface area (Å²) in [6.45, 7) is 10.0. The first-order valence-corrected chi connectivity index (χ1v) is 17.2. The molecule has 0 bridgehead atoms. The third-order valence-electron chi connectivity index (χ3n) is 12.2. The van der Waals surface area contributed by atoms with Crippen LogP contribution in [0.3, 0.4) is 0 Å². The summed E-state index contributed by atoms with van der Waals surface area (Å²) >= 11 is 1.46. The Kier molecular flexibility index (Phi) is 8.09. The molecule has 3 fully saturated rings. The van der Waals surface area contributed by atoms with Crippen LogP contribution in [0.25, 0.3) is 10.1 Å². The molecule has 220 valence electrons. The second-order valence-corrected chi connectivity index (χ2v) is 15.3. The molecule has 0 radical (unpaired) electrons. The summed E-state index contributed by atoms with van der Waals surface area (Å²) in [7, 11) is 0. The van der Waals surface area contributed by atoms with E-state index in [1.807, 2.05) is 30.3 Å². The Morgan fingerprint density at radius 3 is 2.71 bits per heavy atom. The molecule has 41 heavy (non-hydrogen) atoms. The molecule has 0 spiro atoms. The molecule has 4 aliphatic rings. The largest absolute Gasteiger partial charge is 0.459 e. The van der Waals surface area contributed by atoms with Gasteiger partial charge in [0.2, 0.25) is 0 Å². The summed E-state index contributed by atoms with van der Waals surface area (Å²) in [5, 5.41) is 1.06. The number of benzene rings is 1. The Balaban J connectivity index is 1.08. The van der Waals surface area contributed by atoms with Crippen molar-refractivity contribution in [2.45, 2.75) is 104 Å². The number of carbonyl (C=O) groups is 2. The second-order valence-electron chi connectivity index (χ2n) is 14.3. The Morgan fingerprint density at radius 1 is 1.07 bits per heavy atom. The number of hydrogen-bond acceptors (Lipinski definition) is 4. The molecule has 2 aromatic rings. The van der Waals surface area contributed by atoms with Crippen molar-refractivity contribution in [1.29, 1.82) is 0 Å². The first-order chi connectivity index (χ1) is 19.7. The minimum absolute atomic E-state index is 0.0911. The van der Waals surface area contributed by atoms with E-state index in [1.54, 1.807) is 0 Å². The van der Waals surface area contributed by atoms with E-state index in [9.17, 15) is 9.59 Å². The van der Waals surface area contributed by atoms with Crippen LogP contribution in [0.2, 0.25) is 0 Å². The number of hydrogen-bond donors (Lipinski definition) is 0. The number of thiophene rings is 1. The van der Waals surface area contributed by atoms with E-state index >= 15 is 0 Å². The molecule has 1 aromatic heterocycles. The molecule has 1 unspecified atom stereocenters. The van der Waals surface area contributed by atoms with Gasteiger partial charge in [0.05, 0.1) is 4.88 Å². The van der Waals surface area contributed by atoms with Crippen LogP contribution < -0.4 is 0 Å². The van der Waals surface area contributed by atoms with Crippen LogP contribution >= 0.6 is 11.3 Å². The lowest BCUT2D eigenvalue weighted by Gasteiger charge is -2.58. The number of unbranched alkanes of at least 4 members (excludes halogenated alkanes) is 1. The van der Waals surface area contributed by atoms with E-state index in [-0.39, 0.29) is 17.3 Å². The van der Waals surface area contributed by atoms with Crippen molar-refractivity contribution >= 4 is 33.2 Å². The highest BCUT2D eigenvalue weighted by molar-refractivity contribution is 7.21.